The number of carboxylic acid groups (broad SMARTS) is 1. The van der Waals surface area contributed by atoms with Crippen molar-refractivity contribution in [2.24, 2.45) is 11.8 Å². The quantitative estimate of drug-likeness (QED) is 0.727. The molecule has 0 radical (unpaired) electrons. The topological polar surface area (TPSA) is 66.4 Å². The first-order valence-corrected chi connectivity index (χ1v) is 7.19. The minimum absolute atomic E-state index is 0.109. The monoisotopic (exact) mass is 267 g/mol. The summed E-state index contributed by atoms with van der Waals surface area (Å²) < 4.78 is 0. The van der Waals surface area contributed by atoms with E-state index in [1.807, 2.05) is 12.2 Å². The maximum Gasteiger partial charge on any atom is 0.307 e. The van der Waals surface area contributed by atoms with Crippen molar-refractivity contribution in [2.45, 2.75) is 58.4 Å². The molecule has 1 aliphatic rings. The van der Waals surface area contributed by atoms with E-state index < -0.39 is 17.8 Å². The molecule has 0 saturated heterocycles. The van der Waals surface area contributed by atoms with E-state index in [0.717, 1.165) is 19.3 Å². The summed E-state index contributed by atoms with van der Waals surface area (Å²) in [5.74, 6) is -2.01. The number of hydrogen-bond donors (Lipinski definition) is 2. The number of hydrogen-bond acceptors (Lipinski definition) is 2. The van der Waals surface area contributed by atoms with Crippen LogP contribution in [0.25, 0.3) is 0 Å². The van der Waals surface area contributed by atoms with Crippen molar-refractivity contribution >= 4 is 11.9 Å². The highest BCUT2D eigenvalue weighted by Gasteiger charge is 2.36. The fourth-order valence-corrected chi connectivity index (χ4v) is 2.75. The van der Waals surface area contributed by atoms with Gasteiger partial charge in [-0.05, 0) is 32.1 Å². The second-order valence-electron chi connectivity index (χ2n) is 5.32. The first kappa shape index (κ1) is 15.7. The Kier molecular flexibility index (Phi) is 5.58. The molecule has 0 aromatic heterocycles. The van der Waals surface area contributed by atoms with E-state index in [0.29, 0.717) is 12.8 Å². The van der Waals surface area contributed by atoms with Crippen LogP contribution in [0.5, 0.6) is 0 Å². The van der Waals surface area contributed by atoms with Gasteiger partial charge in [-0.1, -0.05) is 32.9 Å². The summed E-state index contributed by atoms with van der Waals surface area (Å²) in [4.78, 5) is 23.6. The van der Waals surface area contributed by atoms with E-state index >= 15 is 0 Å². The molecule has 0 aliphatic heterocycles. The molecule has 0 spiro atoms. The van der Waals surface area contributed by atoms with Crippen molar-refractivity contribution in [1.29, 1.82) is 0 Å². The van der Waals surface area contributed by atoms with Crippen LogP contribution in [0.3, 0.4) is 0 Å². The van der Waals surface area contributed by atoms with Crippen LogP contribution < -0.4 is 5.32 Å². The molecule has 4 heteroatoms. The van der Waals surface area contributed by atoms with Crippen LogP contribution >= 0.6 is 0 Å². The Balaban J connectivity index is 2.81. The van der Waals surface area contributed by atoms with Crippen LogP contribution in [0, 0.1) is 11.8 Å². The predicted molar refractivity (Wildman–Crippen MR) is 74.7 cm³/mol. The Labute approximate surface area is 115 Å². The maximum absolute atomic E-state index is 12.4. The van der Waals surface area contributed by atoms with Crippen LogP contribution in [0.2, 0.25) is 0 Å². The zero-order chi connectivity index (χ0) is 14.5. The molecular weight excluding hydrogens is 242 g/mol. The Hall–Kier alpha value is -1.32. The Morgan fingerprint density at radius 3 is 2.00 bits per heavy atom. The van der Waals surface area contributed by atoms with E-state index in [2.05, 4.69) is 26.1 Å². The lowest BCUT2D eigenvalue weighted by molar-refractivity contribution is -0.147. The molecule has 0 bridgehead atoms. The lowest BCUT2D eigenvalue weighted by Crippen LogP contribution is -2.51. The highest BCUT2D eigenvalue weighted by atomic mass is 16.4. The lowest BCUT2D eigenvalue weighted by Gasteiger charge is -2.35. The largest absolute Gasteiger partial charge is 0.481 e. The van der Waals surface area contributed by atoms with Gasteiger partial charge >= 0.3 is 5.97 Å². The molecule has 19 heavy (non-hydrogen) atoms. The fourth-order valence-electron chi connectivity index (χ4n) is 2.75. The molecule has 0 saturated carbocycles. The van der Waals surface area contributed by atoms with Gasteiger partial charge in [-0.3, -0.25) is 9.59 Å². The molecule has 108 valence electrons. The third-order valence-corrected chi connectivity index (χ3v) is 4.51. The van der Waals surface area contributed by atoms with E-state index in [1.54, 1.807) is 0 Å². The van der Waals surface area contributed by atoms with Gasteiger partial charge in [0.2, 0.25) is 5.91 Å². The van der Waals surface area contributed by atoms with E-state index in [9.17, 15) is 14.7 Å². The highest BCUT2D eigenvalue weighted by molar-refractivity contribution is 5.85. The molecule has 0 unspecified atom stereocenters. The summed E-state index contributed by atoms with van der Waals surface area (Å²) in [6.07, 6.45) is 7.34. The molecule has 1 aliphatic carbocycles. The van der Waals surface area contributed by atoms with Gasteiger partial charge in [-0.15, -0.1) is 0 Å². The first-order valence-electron chi connectivity index (χ1n) is 7.19. The molecular formula is C15H25NO3. The van der Waals surface area contributed by atoms with Crippen LogP contribution in [0.1, 0.15) is 52.9 Å². The van der Waals surface area contributed by atoms with Gasteiger partial charge in [0.25, 0.3) is 0 Å². The number of amides is 1. The van der Waals surface area contributed by atoms with Gasteiger partial charge in [0, 0.05) is 5.54 Å². The Morgan fingerprint density at radius 1 is 1.11 bits per heavy atom. The second kappa shape index (κ2) is 6.73. The number of nitrogens with one attached hydrogen (secondary N) is 1. The first-order chi connectivity index (χ1) is 8.99. The summed E-state index contributed by atoms with van der Waals surface area (Å²) in [5.41, 5.74) is -0.193. The minimum atomic E-state index is -0.875. The zero-order valence-electron chi connectivity index (χ0n) is 12.1. The van der Waals surface area contributed by atoms with Gasteiger partial charge in [-0.2, -0.15) is 0 Å². The molecule has 0 heterocycles. The van der Waals surface area contributed by atoms with Crippen LogP contribution in [-0.2, 0) is 9.59 Å². The molecule has 0 aromatic carbocycles. The molecule has 0 fully saturated rings. The summed E-state index contributed by atoms with van der Waals surface area (Å²) in [7, 11) is 0. The molecule has 1 amide bonds. The third-order valence-electron chi connectivity index (χ3n) is 4.51. The predicted octanol–water partition coefficient (Wildman–Crippen LogP) is 2.74. The summed E-state index contributed by atoms with van der Waals surface area (Å²) in [5, 5.41) is 12.3. The van der Waals surface area contributed by atoms with Crippen molar-refractivity contribution in [3.63, 3.8) is 0 Å². The smallest absolute Gasteiger partial charge is 0.307 e. The standard InChI is InChI=1S/C15H25NO3/c1-4-15(5-2,6-3)16-13(17)11-9-7-8-10-12(11)14(18)19/h7-8,11-12H,4-6,9-10H2,1-3H3,(H,16,17)(H,18,19)/t11-,12+/m1/s1. The average Bonchev–Trinajstić information content (AvgIpc) is 2.44. The zero-order valence-corrected chi connectivity index (χ0v) is 12.1. The van der Waals surface area contributed by atoms with E-state index in [1.165, 1.54) is 0 Å². The molecule has 2 atom stereocenters. The van der Waals surface area contributed by atoms with Gasteiger partial charge in [0.15, 0.2) is 0 Å². The Bertz CT molecular complexity index is 350. The fraction of sp³-hybridized carbons (Fsp3) is 0.733. The lowest BCUT2D eigenvalue weighted by atomic mass is 9.81. The van der Waals surface area contributed by atoms with E-state index in [-0.39, 0.29) is 11.4 Å². The number of carbonyl (C=O) groups excluding carboxylic acids is 1. The van der Waals surface area contributed by atoms with Crippen LogP contribution in [0.4, 0.5) is 0 Å². The minimum Gasteiger partial charge on any atom is -0.481 e. The van der Waals surface area contributed by atoms with Gasteiger partial charge in [-0.25, -0.2) is 0 Å². The molecule has 2 N–H and O–H groups in total. The molecule has 4 nitrogen and oxygen atoms in total. The summed E-state index contributed by atoms with van der Waals surface area (Å²) in [6, 6.07) is 0. The summed E-state index contributed by atoms with van der Waals surface area (Å²) in [6.45, 7) is 6.17. The summed E-state index contributed by atoms with van der Waals surface area (Å²) >= 11 is 0. The van der Waals surface area contributed by atoms with Crippen molar-refractivity contribution in [3.8, 4) is 0 Å². The average molecular weight is 267 g/mol. The second-order valence-corrected chi connectivity index (χ2v) is 5.32. The van der Waals surface area contributed by atoms with Crippen molar-refractivity contribution < 1.29 is 14.7 Å². The van der Waals surface area contributed by atoms with Gasteiger partial charge < -0.3 is 10.4 Å². The van der Waals surface area contributed by atoms with Crippen molar-refractivity contribution in [1.82, 2.24) is 5.32 Å². The Morgan fingerprint density at radius 2 is 1.58 bits per heavy atom. The van der Waals surface area contributed by atoms with E-state index in [4.69, 9.17) is 0 Å². The molecule has 0 aromatic rings. The van der Waals surface area contributed by atoms with Crippen molar-refractivity contribution in [2.75, 3.05) is 0 Å². The SMILES string of the molecule is CCC(CC)(CC)NC(=O)[C@@H]1CC=CC[C@@H]1C(=O)O. The molecule has 1 rings (SSSR count). The van der Waals surface area contributed by atoms with Crippen LogP contribution in [-0.4, -0.2) is 22.5 Å². The number of carbonyl (C=O) groups is 2. The van der Waals surface area contributed by atoms with Gasteiger partial charge in [0.05, 0.1) is 11.8 Å². The number of allylic oxidation sites excluding steroid dienone is 2. The third kappa shape index (κ3) is 3.58. The maximum atomic E-state index is 12.4. The normalized spacial score (nSPS) is 23.1. The number of carboxylic acids is 1. The van der Waals surface area contributed by atoms with Gasteiger partial charge in [0.1, 0.15) is 0 Å². The van der Waals surface area contributed by atoms with Crippen LogP contribution in [0.15, 0.2) is 12.2 Å². The number of rotatable bonds is 6. The van der Waals surface area contributed by atoms with Crippen molar-refractivity contribution in [3.05, 3.63) is 12.2 Å². The number of aliphatic carboxylic acids is 1. The highest BCUT2D eigenvalue weighted by Crippen LogP contribution is 2.28.